The first-order valence-electron chi connectivity index (χ1n) is 13.3. The van der Waals surface area contributed by atoms with E-state index >= 15 is 0 Å². The fourth-order valence-electron chi connectivity index (χ4n) is 4.73. The molecule has 1 aromatic heterocycles. The Labute approximate surface area is 215 Å². The first-order chi connectivity index (χ1) is 17.7. The molecular formula is C32H37N3O. The van der Waals surface area contributed by atoms with Gasteiger partial charge >= 0.3 is 0 Å². The summed E-state index contributed by atoms with van der Waals surface area (Å²) in [5.74, 6) is 0.735. The summed E-state index contributed by atoms with van der Waals surface area (Å²) < 4.78 is 2.05. The lowest BCUT2D eigenvalue weighted by molar-refractivity contribution is 0.0926. The Morgan fingerprint density at radius 1 is 0.833 bits per heavy atom. The van der Waals surface area contributed by atoms with Crippen molar-refractivity contribution < 1.29 is 4.79 Å². The summed E-state index contributed by atoms with van der Waals surface area (Å²) in [4.78, 5) is 19.0. The molecule has 4 aromatic rings. The van der Waals surface area contributed by atoms with Crippen LogP contribution in [0.5, 0.6) is 0 Å². The molecule has 1 unspecified atom stereocenters. The molecule has 0 saturated carbocycles. The van der Waals surface area contributed by atoms with Crippen molar-refractivity contribution in [3.05, 3.63) is 102 Å². The van der Waals surface area contributed by atoms with Gasteiger partial charge in [0.25, 0.3) is 5.91 Å². The maximum atomic E-state index is 14.0. The largest absolute Gasteiger partial charge is 0.344 e. The minimum absolute atomic E-state index is 0.0478. The number of aromatic nitrogens is 2. The third kappa shape index (κ3) is 5.76. The number of imidazole rings is 1. The zero-order valence-corrected chi connectivity index (χ0v) is 21.7. The monoisotopic (exact) mass is 479 g/mol. The van der Waals surface area contributed by atoms with Gasteiger partial charge in [-0.2, -0.15) is 0 Å². The summed E-state index contributed by atoms with van der Waals surface area (Å²) in [5, 5.41) is 3.34. The molecule has 3 aromatic carbocycles. The molecule has 36 heavy (non-hydrogen) atoms. The number of carbonyl (C=O) groups is 1. The average Bonchev–Trinajstić information content (AvgIpc) is 3.33. The summed E-state index contributed by atoms with van der Waals surface area (Å²) in [5.41, 5.74) is 5.77. The normalized spacial score (nSPS) is 11.9. The number of unbranched alkanes of at least 4 members (excludes halogenated alkanes) is 1. The van der Waals surface area contributed by atoms with E-state index in [-0.39, 0.29) is 11.9 Å². The average molecular weight is 480 g/mol. The highest BCUT2D eigenvalue weighted by Gasteiger charge is 2.26. The molecule has 4 heteroatoms. The Bertz CT molecular complexity index is 1240. The van der Waals surface area contributed by atoms with Crippen molar-refractivity contribution in [2.45, 2.75) is 65.5 Å². The second kappa shape index (κ2) is 12.3. The van der Waals surface area contributed by atoms with E-state index in [0.717, 1.165) is 47.5 Å². The first kappa shape index (κ1) is 25.4. The highest BCUT2D eigenvalue weighted by atomic mass is 16.2. The van der Waals surface area contributed by atoms with Gasteiger partial charge in [-0.05, 0) is 37.3 Å². The van der Waals surface area contributed by atoms with Gasteiger partial charge in [0.15, 0.2) is 0 Å². The zero-order chi connectivity index (χ0) is 25.3. The smallest absolute Gasteiger partial charge is 0.270 e. The molecule has 4 nitrogen and oxygen atoms in total. The van der Waals surface area contributed by atoms with Crippen LogP contribution in [0.15, 0.2) is 84.9 Å². The van der Waals surface area contributed by atoms with Crippen LogP contribution in [-0.2, 0) is 13.0 Å². The number of hydrogen-bond acceptors (Lipinski definition) is 2. The van der Waals surface area contributed by atoms with Gasteiger partial charge in [0.1, 0.15) is 17.2 Å². The van der Waals surface area contributed by atoms with Crippen LogP contribution in [0.2, 0.25) is 0 Å². The SMILES string of the molecule is CCCCc1ccc(-c2nc(-c3ccccc3)n(CC)c2C(=O)NC(CCC)c2ccccc2)cc1. The van der Waals surface area contributed by atoms with Gasteiger partial charge < -0.3 is 9.88 Å². The highest BCUT2D eigenvalue weighted by molar-refractivity contribution is 5.99. The van der Waals surface area contributed by atoms with E-state index in [0.29, 0.717) is 12.2 Å². The van der Waals surface area contributed by atoms with Crippen LogP contribution in [0.3, 0.4) is 0 Å². The van der Waals surface area contributed by atoms with Crippen molar-refractivity contribution in [2.75, 3.05) is 0 Å². The van der Waals surface area contributed by atoms with Crippen molar-refractivity contribution in [2.24, 2.45) is 0 Å². The summed E-state index contributed by atoms with van der Waals surface area (Å²) >= 11 is 0. The fourth-order valence-corrected chi connectivity index (χ4v) is 4.73. The maximum absolute atomic E-state index is 14.0. The Morgan fingerprint density at radius 2 is 1.50 bits per heavy atom. The van der Waals surface area contributed by atoms with Gasteiger partial charge in [-0.25, -0.2) is 4.98 Å². The molecule has 0 radical (unpaired) electrons. The fraction of sp³-hybridized carbons (Fsp3) is 0.312. The molecule has 0 fully saturated rings. The number of amides is 1. The van der Waals surface area contributed by atoms with Gasteiger partial charge in [-0.15, -0.1) is 0 Å². The summed E-state index contributed by atoms with van der Waals surface area (Å²) in [6, 6.07) is 28.9. The Balaban J connectivity index is 1.78. The van der Waals surface area contributed by atoms with E-state index in [1.807, 2.05) is 36.4 Å². The van der Waals surface area contributed by atoms with Crippen molar-refractivity contribution in [1.29, 1.82) is 0 Å². The van der Waals surface area contributed by atoms with E-state index in [9.17, 15) is 4.79 Å². The summed E-state index contributed by atoms with van der Waals surface area (Å²) in [6.45, 7) is 7.09. The van der Waals surface area contributed by atoms with Crippen LogP contribution in [0.1, 0.15) is 74.1 Å². The molecule has 0 saturated heterocycles. The van der Waals surface area contributed by atoms with Gasteiger partial charge in [0, 0.05) is 17.7 Å². The summed E-state index contributed by atoms with van der Waals surface area (Å²) in [6.07, 6.45) is 5.28. The molecular weight excluding hydrogens is 442 g/mol. The molecule has 0 spiro atoms. The van der Waals surface area contributed by atoms with Crippen LogP contribution < -0.4 is 5.32 Å². The van der Waals surface area contributed by atoms with Gasteiger partial charge in [-0.3, -0.25) is 4.79 Å². The highest BCUT2D eigenvalue weighted by Crippen LogP contribution is 2.31. The quantitative estimate of drug-likeness (QED) is 0.238. The molecule has 0 aliphatic heterocycles. The predicted octanol–water partition coefficient (Wildman–Crippen LogP) is 7.85. The van der Waals surface area contributed by atoms with Crippen LogP contribution in [0.4, 0.5) is 0 Å². The van der Waals surface area contributed by atoms with Gasteiger partial charge in [0.05, 0.1) is 6.04 Å². The molecule has 4 rings (SSSR count). The molecule has 0 aliphatic carbocycles. The van der Waals surface area contributed by atoms with E-state index in [1.165, 1.54) is 18.4 Å². The van der Waals surface area contributed by atoms with Crippen LogP contribution in [0.25, 0.3) is 22.6 Å². The Morgan fingerprint density at radius 3 is 2.11 bits per heavy atom. The minimum Gasteiger partial charge on any atom is -0.344 e. The molecule has 1 heterocycles. The van der Waals surface area contributed by atoms with Crippen molar-refractivity contribution in [3.63, 3.8) is 0 Å². The third-order valence-corrected chi connectivity index (χ3v) is 6.66. The van der Waals surface area contributed by atoms with Crippen molar-refractivity contribution in [3.8, 4) is 22.6 Å². The zero-order valence-electron chi connectivity index (χ0n) is 21.7. The molecule has 0 aliphatic rings. The number of nitrogens with one attached hydrogen (secondary N) is 1. The Kier molecular flexibility index (Phi) is 8.72. The Hall–Kier alpha value is -3.66. The van der Waals surface area contributed by atoms with Gasteiger partial charge in [-0.1, -0.05) is 112 Å². The van der Waals surface area contributed by atoms with E-state index in [2.05, 4.69) is 79.2 Å². The van der Waals surface area contributed by atoms with Crippen molar-refractivity contribution >= 4 is 5.91 Å². The number of hydrogen-bond donors (Lipinski definition) is 1. The van der Waals surface area contributed by atoms with Crippen LogP contribution >= 0.6 is 0 Å². The number of carbonyl (C=O) groups excluding carboxylic acids is 1. The molecule has 186 valence electrons. The lowest BCUT2D eigenvalue weighted by Gasteiger charge is -2.20. The van der Waals surface area contributed by atoms with Crippen LogP contribution in [0, 0.1) is 0 Å². The van der Waals surface area contributed by atoms with E-state index in [4.69, 9.17) is 4.98 Å². The topological polar surface area (TPSA) is 46.9 Å². The third-order valence-electron chi connectivity index (χ3n) is 6.66. The number of nitrogens with zero attached hydrogens (tertiary/aromatic N) is 2. The van der Waals surface area contributed by atoms with Crippen molar-refractivity contribution in [1.82, 2.24) is 14.9 Å². The molecule has 1 N–H and O–H groups in total. The molecule has 1 amide bonds. The lowest BCUT2D eigenvalue weighted by atomic mass is 10.0. The lowest BCUT2D eigenvalue weighted by Crippen LogP contribution is -2.30. The number of aryl methyl sites for hydroxylation is 1. The first-order valence-corrected chi connectivity index (χ1v) is 13.3. The summed E-state index contributed by atoms with van der Waals surface area (Å²) in [7, 11) is 0. The second-order valence-electron chi connectivity index (χ2n) is 9.27. The minimum atomic E-state index is -0.0844. The molecule has 0 bridgehead atoms. The number of rotatable bonds is 11. The van der Waals surface area contributed by atoms with E-state index < -0.39 is 0 Å². The predicted molar refractivity (Wildman–Crippen MR) is 149 cm³/mol. The van der Waals surface area contributed by atoms with E-state index in [1.54, 1.807) is 0 Å². The number of benzene rings is 3. The standard InChI is InChI=1S/C32H37N3O/c1-4-7-15-24-20-22-26(23-21-24)29-30(35(6-3)31(34-29)27-18-12-9-13-19-27)32(36)33-28(14-5-2)25-16-10-8-11-17-25/h8-13,16-23,28H,4-7,14-15H2,1-3H3,(H,33,36). The second-order valence-corrected chi connectivity index (χ2v) is 9.27. The molecule has 1 atom stereocenters. The van der Waals surface area contributed by atoms with Crippen LogP contribution in [-0.4, -0.2) is 15.5 Å². The maximum Gasteiger partial charge on any atom is 0.270 e. The van der Waals surface area contributed by atoms with Gasteiger partial charge in [0.2, 0.25) is 0 Å².